The first kappa shape index (κ1) is 5.15. The predicted molar refractivity (Wildman–Crippen MR) is 54.2 cm³/mol. The van der Waals surface area contributed by atoms with Crippen molar-refractivity contribution in [2.75, 3.05) is 0 Å². The quantitative estimate of drug-likeness (QED) is 0.564. The second-order valence-electron chi connectivity index (χ2n) is 3.83. The molecule has 0 aromatic heterocycles. The molecule has 0 spiro atoms. The Hall–Kier alpha value is -0.563. The van der Waals surface area contributed by atoms with Gasteiger partial charge in [0.1, 0.15) is 0 Å². The molecule has 0 N–H and O–H groups in total. The van der Waals surface area contributed by atoms with Gasteiger partial charge in [-0.1, -0.05) is 54.7 Å². The van der Waals surface area contributed by atoms with Crippen LogP contribution in [0.4, 0.5) is 0 Å². The maximum Gasteiger partial charge on any atom is 0.0775 e. The van der Waals surface area contributed by atoms with E-state index in [1.54, 1.807) is 12.1 Å². The Morgan fingerprint density at radius 3 is 2.00 bits per heavy atom. The van der Waals surface area contributed by atoms with Crippen molar-refractivity contribution in [2.45, 2.75) is 26.5 Å². The number of hydrogen-bond acceptors (Lipinski definition) is 0. The van der Waals surface area contributed by atoms with Gasteiger partial charge < -0.3 is 0 Å². The van der Waals surface area contributed by atoms with Crippen molar-refractivity contribution >= 4 is 13.3 Å². The van der Waals surface area contributed by atoms with Gasteiger partial charge in [0.05, 0.1) is 8.07 Å². The second kappa shape index (κ2) is 2.82. The van der Waals surface area contributed by atoms with Crippen LogP contribution >= 0.6 is 0 Å². The number of rotatable bonds is 1. The van der Waals surface area contributed by atoms with Gasteiger partial charge in [0.25, 0.3) is 0 Å². The molecular weight excluding hydrogens is 148 g/mol. The summed E-state index contributed by atoms with van der Waals surface area (Å²) in [5, 5.41) is 1.30. The van der Waals surface area contributed by atoms with Gasteiger partial charge in [-0.2, -0.15) is 0 Å². The molecule has 0 heterocycles. The van der Waals surface area contributed by atoms with Crippen LogP contribution in [0, 0.1) is 6.85 Å². The molecule has 1 aromatic carbocycles. The monoisotopic (exact) mass is 167 g/mol. The zero-order valence-corrected chi connectivity index (χ0v) is 8.31. The van der Waals surface area contributed by atoms with Crippen LogP contribution in [0.3, 0.4) is 0 Å². The van der Waals surface area contributed by atoms with Gasteiger partial charge in [0.2, 0.25) is 0 Å². The molecule has 0 saturated heterocycles. The molecule has 0 amide bonds. The lowest BCUT2D eigenvalue weighted by Gasteiger charge is -2.16. The van der Waals surface area contributed by atoms with Gasteiger partial charge in [-0.05, 0) is 6.85 Å². The maximum absolute atomic E-state index is 7.24. The van der Waals surface area contributed by atoms with E-state index in [-0.39, 0.29) is 0 Å². The van der Waals surface area contributed by atoms with E-state index >= 15 is 0 Å². The lowest BCUT2D eigenvalue weighted by Crippen LogP contribution is -2.37. The highest BCUT2D eigenvalue weighted by Gasteiger charge is 2.14. The van der Waals surface area contributed by atoms with Crippen molar-refractivity contribution in [3.8, 4) is 0 Å². The smallest absolute Gasteiger partial charge is 0.0656 e. The molecule has 0 bridgehead atoms. The minimum Gasteiger partial charge on any atom is -0.0656 e. The summed E-state index contributed by atoms with van der Waals surface area (Å²) in [6.07, 6.45) is 0. The van der Waals surface area contributed by atoms with Crippen LogP contribution in [0.2, 0.25) is 19.6 Å². The first-order valence-electron chi connectivity index (χ1n) is 5.32. The Bertz CT molecular complexity index is 273. The van der Waals surface area contributed by atoms with Crippen molar-refractivity contribution in [3.63, 3.8) is 0 Å². The Labute approximate surface area is 74.5 Å². The van der Waals surface area contributed by atoms with E-state index < -0.39 is 14.9 Å². The van der Waals surface area contributed by atoms with Crippen LogP contribution in [0.5, 0.6) is 0 Å². The topological polar surface area (TPSA) is 0 Å². The fourth-order valence-corrected chi connectivity index (χ4v) is 2.14. The molecule has 60 valence electrons. The summed E-state index contributed by atoms with van der Waals surface area (Å²) in [4.78, 5) is 0. The third-order valence-electron chi connectivity index (χ3n) is 1.75. The third kappa shape index (κ3) is 2.19. The van der Waals surface area contributed by atoms with E-state index in [0.717, 1.165) is 0 Å². The maximum atomic E-state index is 7.24. The molecule has 0 atom stereocenters. The van der Waals surface area contributed by atoms with Crippen LogP contribution < -0.4 is 5.19 Å². The predicted octanol–water partition coefficient (Wildman–Crippen LogP) is 2.54. The normalized spacial score (nSPS) is 16.8. The highest BCUT2D eigenvalue weighted by Crippen LogP contribution is 2.03. The van der Waals surface area contributed by atoms with E-state index in [2.05, 4.69) is 19.6 Å². The van der Waals surface area contributed by atoms with Crippen molar-refractivity contribution in [3.05, 3.63) is 29.8 Å². The van der Waals surface area contributed by atoms with E-state index in [4.69, 9.17) is 4.11 Å². The van der Waals surface area contributed by atoms with Crippen molar-refractivity contribution in [1.82, 2.24) is 0 Å². The number of aryl methyl sites for hydroxylation is 1. The zero-order valence-electron chi connectivity index (χ0n) is 10.3. The largest absolute Gasteiger partial charge is 0.0775 e. The lowest BCUT2D eigenvalue weighted by atomic mass is 10.2. The first-order valence-corrected chi connectivity index (χ1v) is 7.32. The standard InChI is InChI=1S/C10H16Si/c1-9-5-7-10(8-6-9)11(2,3)4/h5-8H,1-4H3/i1D3. The molecule has 1 aromatic rings. The van der Waals surface area contributed by atoms with Crippen LogP contribution in [0.1, 0.15) is 9.68 Å². The number of hydrogen-bond donors (Lipinski definition) is 0. The summed E-state index contributed by atoms with van der Waals surface area (Å²) in [5.41, 5.74) is 0.430. The second-order valence-corrected chi connectivity index (χ2v) is 8.90. The molecule has 1 heteroatoms. The van der Waals surface area contributed by atoms with Gasteiger partial charge in [-0.3, -0.25) is 0 Å². The summed E-state index contributed by atoms with van der Waals surface area (Å²) in [6.45, 7) is 4.77. The molecule has 0 unspecified atom stereocenters. The zero-order chi connectivity index (χ0) is 11.0. The van der Waals surface area contributed by atoms with Crippen molar-refractivity contribution in [1.29, 1.82) is 0 Å². The summed E-state index contributed by atoms with van der Waals surface area (Å²) < 4.78 is 21.7. The highest BCUT2D eigenvalue weighted by atomic mass is 28.3. The highest BCUT2D eigenvalue weighted by molar-refractivity contribution is 6.88. The minimum atomic E-state index is -1.97. The van der Waals surface area contributed by atoms with Crippen molar-refractivity contribution in [2.24, 2.45) is 0 Å². The minimum absolute atomic E-state index is 0.430. The van der Waals surface area contributed by atoms with Crippen LogP contribution in [-0.2, 0) is 0 Å². The first-order chi connectivity index (χ1) is 6.21. The molecule has 0 aliphatic carbocycles. The van der Waals surface area contributed by atoms with Gasteiger partial charge in [0, 0.05) is 4.11 Å². The average molecular weight is 167 g/mol. The van der Waals surface area contributed by atoms with Gasteiger partial charge >= 0.3 is 0 Å². The van der Waals surface area contributed by atoms with E-state index in [1.165, 1.54) is 5.19 Å². The molecule has 11 heavy (non-hydrogen) atoms. The lowest BCUT2D eigenvalue weighted by molar-refractivity contribution is 1.48. The molecule has 0 aliphatic heterocycles. The van der Waals surface area contributed by atoms with Crippen LogP contribution in [0.25, 0.3) is 0 Å². The Morgan fingerprint density at radius 2 is 1.64 bits per heavy atom. The summed E-state index contributed by atoms with van der Waals surface area (Å²) in [6, 6.07) is 7.35. The number of benzene rings is 1. The van der Waals surface area contributed by atoms with E-state index in [1.807, 2.05) is 12.1 Å². The Morgan fingerprint density at radius 1 is 1.09 bits per heavy atom. The molecule has 0 fully saturated rings. The van der Waals surface area contributed by atoms with Crippen molar-refractivity contribution < 1.29 is 4.11 Å². The SMILES string of the molecule is [2H]C([2H])([2H])c1ccc([Si](C)(C)C)cc1. The van der Waals surface area contributed by atoms with E-state index in [0.29, 0.717) is 5.56 Å². The Kier molecular flexibility index (Phi) is 1.32. The summed E-state index contributed by atoms with van der Waals surface area (Å²) in [5.74, 6) is 0. The fraction of sp³-hybridized carbons (Fsp3) is 0.400. The molecule has 0 radical (unpaired) electrons. The third-order valence-corrected chi connectivity index (χ3v) is 3.82. The molecule has 0 saturated carbocycles. The van der Waals surface area contributed by atoms with E-state index in [9.17, 15) is 0 Å². The molecule has 0 aliphatic rings. The summed E-state index contributed by atoms with van der Waals surface area (Å²) >= 11 is 0. The van der Waals surface area contributed by atoms with Crippen LogP contribution in [-0.4, -0.2) is 8.07 Å². The fourth-order valence-electron chi connectivity index (χ4n) is 0.970. The van der Waals surface area contributed by atoms with Crippen LogP contribution in [0.15, 0.2) is 24.3 Å². The van der Waals surface area contributed by atoms with Gasteiger partial charge in [-0.25, -0.2) is 0 Å². The molecular formula is C10H16Si. The Balaban J connectivity index is 3.02. The molecule has 0 nitrogen and oxygen atoms in total. The summed E-state index contributed by atoms with van der Waals surface area (Å²) in [7, 11) is -1.30. The van der Waals surface area contributed by atoms with Gasteiger partial charge in [-0.15, -0.1) is 0 Å². The van der Waals surface area contributed by atoms with Gasteiger partial charge in [0.15, 0.2) is 0 Å². The average Bonchev–Trinajstić information content (AvgIpc) is 2.01. The molecule has 1 rings (SSSR count).